The third kappa shape index (κ3) is 3.77. The number of benzene rings is 2. The molecule has 3 heterocycles. The maximum Gasteiger partial charge on any atom is 0.289 e. The fourth-order valence-corrected chi connectivity index (χ4v) is 4.55. The zero-order valence-corrected chi connectivity index (χ0v) is 17.4. The van der Waals surface area contributed by atoms with E-state index in [0.29, 0.717) is 37.8 Å². The molecule has 0 aliphatic carbocycles. The number of hydrogen-bond acceptors (Lipinski definition) is 4. The molecule has 5 rings (SSSR count). The second-order valence-electron chi connectivity index (χ2n) is 8.34. The minimum Gasteiger partial charge on any atom is -0.492 e. The normalized spacial score (nSPS) is 17.1. The van der Waals surface area contributed by atoms with Crippen LogP contribution in [0.4, 0.5) is 0 Å². The molecule has 1 saturated heterocycles. The second kappa shape index (κ2) is 8.08. The van der Waals surface area contributed by atoms with Crippen molar-refractivity contribution in [1.29, 1.82) is 0 Å². The first-order chi connectivity index (χ1) is 15.2. The van der Waals surface area contributed by atoms with Crippen molar-refractivity contribution in [3.8, 4) is 5.75 Å². The summed E-state index contributed by atoms with van der Waals surface area (Å²) in [6, 6.07) is 19.8. The van der Waals surface area contributed by atoms with Gasteiger partial charge in [-0.1, -0.05) is 48.5 Å². The molecule has 5 nitrogen and oxygen atoms in total. The Morgan fingerprint density at radius 3 is 2.61 bits per heavy atom. The highest BCUT2D eigenvalue weighted by Gasteiger charge is 2.44. The van der Waals surface area contributed by atoms with Crippen LogP contribution < -0.4 is 10.5 Å². The largest absolute Gasteiger partial charge is 0.492 e. The predicted octanol–water partition coefficient (Wildman–Crippen LogP) is 4.48. The van der Waals surface area contributed by atoms with E-state index in [9.17, 15) is 4.79 Å². The van der Waals surface area contributed by atoms with Gasteiger partial charge in [-0.3, -0.25) is 4.79 Å². The Morgan fingerprint density at radius 2 is 1.84 bits per heavy atom. The lowest BCUT2D eigenvalue weighted by Gasteiger charge is -2.38. The lowest BCUT2D eigenvalue weighted by molar-refractivity contribution is 0.0615. The van der Waals surface area contributed by atoms with Gasteiger partial charge in [-0.15, -0.1) is 0 Å². The van der Waals surface area contributed by atoms with Crippen LogP contribution in [-0.2, 0) is 12.0 Å². The van der Waals surface area contributed by atoms with Crippen molar-refractivity contribution in [3.05, 3.63) is 88.9 Å². The molecule has 2 aliphatic heterocycles. The fraction of sp³-hybridized carbons (Fsp3) is 0.269. The predicted molar refractivity (Wildman–Crippen MR) is 121 cm³/mol. The fourth-order valence-electron chi connectivity index (χ4n) is 4.55. The van der Waals surface area contributed by atoms with Gasteiger partial charge in [0.2, 0.25) is 0 Å². The van der Waals surface area contributed by atoms with Crippen molar-refractivity contribution >= 4 is 18.1 Å². The van der Waals surface area contributed by atoms with E-state index in [1.165, 1.54) is 5.56 Å². The van der Waals surface area contributed by atoms with E-state index < -0.39 is 0 Å². The molecule has 0 radical (unpaired) electrons. The average molecular weight is 415 g/mol. The molecule has 0 saturated carbocycles. The van der Waals surface area contributed by atoms with E-state index in [1.54, 1.807) is 6.07 Å². The van der Waals surface area contributed by atoms with Crippen LogP contribution in [-0.4, -0.2) is 30.5 Å². The maximum atomic E-state index is 13.0. The molecule has 158 valence electrons. The smallest absolute Gasteiger partial charge is 0.289 e. The summed E-state index contributed by atoms with van der Waals surface area (Å²) in [6.45, 7) is 2.57. The zero-order chi connectivity index (χ0) is 21.3. The number of hydrogen-bond donors (Lipinski definition) is 1. The number of ether oxygens (including phenoxy) is 1. The Labute approximate surface area is 182 Å². The number of carbonyl (C=O) groups excluding carboxylic acids is 1. The molecule has 3 aromatic rings. The standard InChI is InChI=1S/C26H26N2O3/c27-17-20-7-10-23-22(16-20)26(18-30-23)12-14-28(15-13-26)25(29)24-11-9-21(31-24)8-6-19-4-2-1-3-5-19/h1-11,16H,12-15,17-18,27H2. The molecule has 0 atom stereocenters. The van der Waals surface area contributed by atoms with Gasteiger partial charge >= 0.3 is 0 Å². The van der Waals surface area contributed by atoms with Gasteiger partial charge in [0.15, 0.2) is 5.76 Å². The van der Waals surface area contributed by atoms with Crippen LogP contribution in [0, 0.1) is 0 Å². The van der Waals surface area contributed by atoms with Gasteiger partial charge < -0.3 is 19.8 Å². The van der Waals surface area contributed by atoms with E-state index in [2.05, 4.69) is 6.07 Å². The summed E-state index contributed by atoms with van der Waals surface area (Å²) >= 11 is 0. The molecule has 31 heavy (non-hydrogen) atoms. The van der Waals surface area contributed by atoms with E-state index >= 15 is 0 Å². The van der Waals surface area contributed by atoms with Crippen LogP contribution in [0.1, 0.15) is 45.8 Å². The zero-order valence-electron chi connectivity index (χ0n) is 17.4. The summed E-state index contributed by atoms with van der Waals surface area (Å²) in [5.74, 6) is 1.96. The van der Waals surface area contributed by atoms with Crippen LogP contribution in [0.2, 0.25) is 0 Å². The molecule has 2 aliphatic rings. The summed E-state index contributed by atoms with van der Waals surface area (Å²) in [5, 5.41) is 0. The van der Waals surface area contributed by atoms with E-state index in [-0.39, 0.29) is 11.3 Å². The maximum absolute atomic E-state index is 13.0. The number of fused-ring (bicyclic) bond motifs is 2. The van der Waals surface area contributed by atoms with E-state index in [1.807, 2.05) is 65.6 Å². The van der Waals surface area contributed by atoms with Crippen molar-refractivity contribution in [3.63, 3.8) is 0 Å². The van der Waals surface area contributed by atoms with Crippen LogP contribution in [0.5, 0.6) is 5.75 Å². The summed E-state index contributed by atoms with van der Waals surface area (Å²) in [6.07, 6.45) is 5.62. The summed E-state index contributed by atoms with van der Waals surface area (Å²) < 4.78 is 11.8. The van der Waals surface area contributed by atoms with Gasteiger partial charge in [-0.05, 0) is 48.2 Å². The van der Waals surface area contributed by atoms with Crippen molar-refractivity contribution in [2.24, 2.45) is 5.73 Å². The molecule has 2 aromatic carbocycles. The third-order valence-electron chi connectivity index (χ3n) is 6.44. The molecular formula is C26H26N2O3. The van der Waals surface area contributed by atoms with Gasteiger partial charge in [-0.25, -0.2) is 0 Å². The Bertz CT molecular complexity index is 1110. The average Bonchev–Trinajstić information content (AvgIpc) is 3.44. The van der Waals surface area contributed by atoms with Crippen LogP contribution in [0.3, 0.4) is 0 Å². The van der Waals surface area contributed by atoms with Gasteiger partial charge in [0.1, 0.15) is 11.5 Å². The first kappa shape index (κ1) is 19.6. The van der Waals surface area contributed by atoms with E-state index in [0.717, 1.165) is 29.7 Å². The highest BCUT2D eigenvalue weighted by atomic mass is 16.5. The molecule has 0 bridgehead atoms. The molecule has 5 heteroatoms. The van der Waals surface area contributed by atoms with E-state index in [4.69, 9.17) is 14.9 Å². The van der Waals surface area contributed by atoms with Gasteiger partial charge in [0, 0.05) is 30.6 Å². The molecule has 1 amide bonds. The van der Waals surface area contributed by atoms with Crippen LogP contribution in [0.15, 0.2) is 65.1 Å². The number of piperidine rings is 1. The van der Waals surface area contributed by atoms with Crippen molar-refractivity contribution in [2.75, 3.05) is 19.7 Å². The molecule has 1 fully saturated rings. The highest BCUT2D eigenvalue weighted by molar-refractivity contribution is 5.92. The number of nitrogens with zero attached hydrogens (tertiary/aromatic N) is 1. The number of carbonyl (C=O) groups is 1. The number of rotatable bonds is 4. The SMILES string of the molecule is NCc1ccc2c(c1)C1(CCN(C(=O)c3ccc(C=Cc4ccccc4)o3)CC1)CO2. The minimum atomic E-state index is -0.0518. The van der Waals surface area contributed by atoms with Crippen molar-refractivity contribution in [2.45, 2.75) is 24.8 Å². The van der Waals surface area contributed by atoms with Gasteiger partial charge in [0.05, 0.1) is 6.61 Å². The number of amides is 1. The van der Waals surface area contributed by atoms with Crippen LogP contribution in [0.25, 0.3) is 12.2 Å². The van der Waals surface area contributed by atoms with Crippen molar-refractivity contribution in [1.82, 2.24) is 4.90 Å². The Hall–Kier alpha value is -3.31. The number of nitrogens with two attached hydrogens (primary N) is 1. The summed E-state index contributed by atoms with van der Waals surface area (Å²) in [5.41, 5.74) is 9.26. The Morgan fingerprint density at radius 1 is 1.03 bits per heavy atom. The van der Waals surface area contributed by atoms with Crippen LogP contribution >= 0.6 is 0 Å². The minimum absolute atomic E-state index is 0.0238. The topological polar surface area (TPSA) is 68.7 Å². The Kier molecular flexibility index (Phi) is 5.12. The Balaban J connectivity index is 1.26. The molecular weight excluding hydrogens is 388 g/mol. The monoisotopic (exact) mass is 414 g/mol. The third-order valence-corrected chi connectivity index (χ3v) is 6.44. The number of likely N-dealkylation sites (tertiary alicyclic amines) is 1. The molecule has 2 N–H and O–H groups in total. The van der Waals surface area contributed by atoms with Crippen molar-refractivity contribution < 1.29 is 13.9 Å². The lowest BCUT2D eigenvalue weighted by atomic mass is 9.74. The van der Waals surface area contributed by atoms with Gasteiger partial charge in [-0.2, -0.15) is 0 Å². The lowest BCUT2D eigenvalue weighted by Crippen LogP contribution is -2.46. The molecule has 0 unspecified atom stereocenters. The summed E-state index contributed by atoms with van der Waals surface area (Å²) in [7, 11) is 0. The second-order valence-corrected chi connectivity index (χ2v) is 8.34. The summed E-state index contributed by atoms with van der Waals surface area (Å²) in [4.78, 5) is 14.9. The van der Waals surface area contributed by atoms with Gasteiger partial charge in [0.25, 0.3) is 5.91 Å². The highest BCUT2D eigenvalue weighted by Crippen LogP contribution is 2.46. The number of furan rings is 1. The molecule has 1 aromatic heterocycles. The quantitative estimate of drug-likeness (QED) is 0.684. The first-order valence-corrected chi connectivity index (χ1v) is 10.8. The first-order valence-electron chi connectivity index (χ1n) is 10.8. The molecule has 1 spiro atoms.